The van der Waals surface area contributed by atoms with E-state index in [2.05, 4.69) is 10.2 Å². The van der Waals surface area contributed by atoms with Gasteiger partial charge in [0.2, 0.25) is 5.89 Å². The zero-order chi connectivity index (χ0) is 20.2. The maximum atomic E-state index is 12.5. The predicted octanol–water partition coefficient (Wildman–Crippen LogP) is 5.03. The summed E-state index contributed by atoms with van der Waals surface area (Å²) in [5.41, 5.74) is 3.09. The van der Waals surface area contributed by atoms with Gasteiger partial charge in [-0.3, -0.25) is 0 Å². The third-order valence-electron chi connectivity index (χ3n) is 4.41. The van der Waals surface area contributed by atoms with Crippen LogP contribution >= 0.6 is 0 Å². The maximum Gasteiger partial charge on any atom is 0.338 e. The van der Waals surface area contributed by atoms with E-state index in [1.807, 2.05) is 54.6 Å². The van der Waals surface area contributed by atoms with Crippen LogP contribution in [0.4, 0.5) is 0 Å². The molecule has 0 bridgehead atoms. The Hall–Kier alpha value is -3.93. The lowest BCUT2D eigenvalue weighted by molar-refractivity contribution is 0.0280. The zero-order valence-electron chi connectivity index (χ0n) is 15.6. The molecule has 4 rings (SSSR count). The van der Waals surface area contributed by atoms with E-state index >= 15 is 0 Å². The molecule has 0 aliphatic carbocycles. The highest BCUT2D eigenvalue weighted by Crippen LogP contribution is 2.25. The summed E-state index contributed by atoms with van der Waals surface area (Å²) in [4.78, 5) is 12.5. The smallest absolute Gasteiger partial charge is 0.338 e. The number of aromatic hydroxyl groups is 1. The highest BCUT2D eigenvalue weighted by molar-refractivity contribution is 5.90. The summed E-state index contributed by atoms with van der Waals surface area (Å²) in [6, 6.07) is 23.3. The molecule has 1 atom stereocenters. The normalized spacial score (nSPS) is 11.8. The number of phenolic OH excluding ortho intramolecular Hbond substituents is 1. The fourth-order valence-electron chi connectivity index (χ4n) is 2.83. The van der Waals surface area contributed by atoms with Gasteiger partial charge in [-0.1, -0.05) is 42.5 Å². The van der Waals surface area contributed by atoms with Gasteiger partial charge in [-0.2, -0.15) is 0 Å². The Morgan fingerprint density at radius 2 is 1.48 bits per heavy atom. The second-order valence-corrected chi connectivity index (χ2v) is 6.48. The van der Waals surface area contributed by atoms with Crippen molar-refractivity contribution in [2.24, 2.45) is 0 Å². The third-order valence-corrected chi connectivity index (χ3v) is 4.41. The van der Waals surface area contributed by atoms with Gasteiger partial charge >= 0.3 is 5.97 Å². The first-order chi connectivity index (χ1) is 14.1. The minimum atomic E-state index is -0.677. The largest absolute Gasteiger partial charge is 0.508 e. The van der Waals surface area contributed by atoms with Crippen molar-refractivity contribution in [3.05, 3.63) is 90.3 Å². The summed E-state index contributed by atoms with van der Waals surface area (Å²) in [7, 11) is 0. The summed E-state index contributed by atoms with van der Waals surface area (Å²) < 4.78 is 11.1. The van der Waals surface area contributed by atoms with Crippen LogP contribution in [0.1, 0.15) is 29.3 Å². The predicted molar refractivity (Wildman–Crippen MR) is 107 cm³/mol. The Morgan fingerprint density at radius 3 is 2.14 bits per heavy atom. The Balaban J connectivity index is 1.44. The molecule has 0 amide bonds. The lowest BCUT2D eigenvalue weighted by Crippen LogP contribution is -2.09. The molecular formula is C23H18N2O4. The monoisotopic (exact) mass is 386 g/mol. The molecular weight excluding hydrogens is 368 g/mol. The Morgan fingerprint density at radius 1 is 0.862 bits per heavy atom. The number of aromatic nitrogens is 2. The standard InChI is InChI=1S/C23H18N2O4/c1-15(21-24-25-22(29-21)18-5-3-2-4-6-18)28-23(27)19-9-7-16(8-10-19)17-11-13-20(26)14-12-17/h2-15,26H,1H3/t15-/m1/s1. The van der Waals surface area contributed by atoms with Crippen molar-refractivity contribution in [3.63, 3.8) is 0 Å². The van der Waals surface area contributed by atoms with E-state index in [0.29, 0.717) is 11.5 Å². The summed E-state index contributed by atoms with van der Waals surface area (Å²) in [5.74, 6) is 0.341. The lowest BCUT2D eigenvalue weighted by Gasteiger charge is -2.10. The van der Waals surface area contributed by atoms with Crippen molar-refractivity contribution in [2.45, 2.75) is 13.0 Å². The molecule has 0 aliphatic heterocycles. The van der Waals surface area contributed by atoms with Crippen molar-refractivity contribution in [1.82, 2.24) is 10.2 Å². The fraction of sp³-hybridized carbons (Fsp3) is 0.0870. The van der Waals surface area contributed by atoms with E-state index in [0.717, 1.165) is 16.7 Å². The molecule has 6 nitrogen and oxygen atoms in total. The summed E-state index contributed by atoms with van der Waals surface area (Å²) >= 11 is 0. The van der Waals surface area contributed by atoms with Gasteiger partial charge in [0.15, 0.2) is 6.10 Å². The number of carbonyl (C=O) groups excluding carboxylic acids is 1. The number of hydrogen-bond acceptors (Lipinski definition) is 6. The van der Waals surface area contributed by atoms with E-state index < -0.39 is 12.1 Å². The van der Waals surface area contributed by atoms with Gasteiger partial charge in [0.25, 0.3) is 5.89 Å². The van der Waals surface area contributed by atoms with E-state index in [9.17, 15) is 9.90 Å². The Kier molecular flexibility index (Phi) is 5.07. The fourth-order valence-corrected chi connectivity index (χ4v) is 2.83. The van der Waals surface area contributed by atoms with E-state index in [1.165, 1.54) is 0 Å². The van der Waals surface area contributed by atoms with Crippen LogP contribution in [0.2, 0.25) is 0 Å². The van der Waals surface area contributed by atoms with Crippen molar-refractivity contribution >= 4 is 5.97 Å². The number of benzene rings is 3. The zero-order valence-corrected chi connectivity index (χ0v) is 15.6. The number of hydrogen-bond donors (Lipinski definition) is 1. The number of carbonyl (C=O) groups is 1. The maximum absolute atomic E-state index is 12.5. The van der Waals surface area contributed by atoms with Crippen molar-refractivity contribution in [2.75, 3.05) is 0 Å². The molecule has 0 saturated heterocycles. The van der Waals surface area contributed by atoms with Crippen LogP contribution in [0.3, 0.4) is 0 Å². The highest BCUT2D eigenvalue weighted by atomic mass is 16.6. The molecule has 144 valence electrons. The molecule has 1 aromatic heterocycles. The number of nitrogens with zero attached hydrogens (tertiary/aromatic N) is 2. The topological polar surface area (TPSA) is 85.5 Å². The van der Waals surface area contributed by atoms with Crippen LogP contribution in [-0.4, -0.2) is 21.3 Å². The summed E-state index contributed by atoms with van der Waals surface area (Å²) in [6.07, 6.45) is -0.677. The van der Waals surface area contributed by atoms with Gasteiger partial charge in [0.1, 0.15) is 5.75 Å². The quantitative estimate of drug-likeness (QED) is 0.484. The van der Waals surface area contributed by atoms with Gasteiger partial charge < -0.3 is 14.3 Å². The van der Waals surface area contributed by atoms with Crippen LogP contribution in [0, 0.1) is 0 Å². The van der Waals surface area contributed by atoms with Gasteiger partial charge in [0, 0.05) is 5.56 Å². The molecule has 0 fully saturated rings. The Bertz CT molecular complexity index is 1100. The first-order valence-corrected chi connectivity index (χ1v) is 9.09. The molecule has 6 heteroatoms. The average Bonchev–Trinajstić information content (AvgIpc) is 3.26. The SMILES string of the molecule is C[C@@H](OC(=O)c1ccc(-c2ccc(O)cc2)cc1)c1nnc(-c2ccccc2)o1. The molecule has 0 aliphatic rings. The van der Waals surface area contributed by atoms with Crippen LogP contribution in [-0.2, 0) is 4.74 Å². The van der Waals surface area contributed by atoms with Gasteiger partial charge in [-0.25, -0.2) is 4.79 Å². The minimum Gasteiger partial charge on any atom is -0.508 e. The summed E-state index contributed by atoms with van der Waals surface area (Å²) in [5, 5.41) is 17.4. The average molecular weight is 386 g/mol. The number of ether oxygens (including phenoxy) is 1. The lowest BCUT2D eigenvalue weighted by atomic mass is 10.0. The van der Waals surface area contributed by atoms with E-state index in [-0.39, 0.29) is 11.6 Å². The van der Waals surface area contributed by atoms with Crippen molar-refractivity contribution in [1.29, 1.82) is 0 Å². The first-order valence-electron chi connectivity index (χ1n) is 9.09. The number of phenols is 1. The third kappa shape index (κ3) is 4.16. The molecule has 3 aromatic carbocycles. The molecule has 0 radical (unpaired) electrons. The molecule has 29 heavy (non-hydrogen) atoms. The van der Waals surface area contributed by atoms with Crippen LogP contribution in [0.25, 0.3) is 22.6 Å². The second kappa shape index (κ2) is 7.98. The van der Waals surface area contributed by atoms with E-state index in [1.54, 1.807) is 31.2 Å². The van der Waals surface area contributed by atoms with Gasteiger partial charge in [0.05, 0.1) is 5.56 Å². The van der Waals surface area contributed by atoms with Gasteiger partial charge in [-0.15, -0.1) is 10.2 Å². The highest BCUT2D eigenvalue weighted by Gasteiger charge is 2.20. The molecule has 4 aromatic rings. The first kappa shape index (κ1) is 18.4. The van der Waals surface area contributed by atoms with Crippen molar-refractivity contribution < 1.29 is 19.1 Å². The molecule has 0 saturated carbocycles. The second-order valence-electron chi connectivity index (χ2n) is 6.48. The van der Waals surface area contributed by atoms with Crippen LogP contribution in [0.15, 0.2) is 83.3 Å². The van der Waals surface area contributed by atoms with E-state index in [4.69, 9.17) is 9.15 Å². The van der Waals surface area contributed by atoms with Gasteiger partial charge in [-0.05, 0) is 54.4 Å². The number of esters is 1. The minimum absolute atomic E-state index is 0.208. The summed E-state index contributed by atoms with van der Waals surface area (Å²) in [6.45, 7) is 1.69. The van der Waals surface area contributed by atoms with Crippen molar-refractivity contribution in [3.8, 4) is 28.3 Å². The number of rotatable bonds is 5. The Labute approximate surface area is 167 Å². The molecule has 0 spiro atoms. The molecule has 0 unspecified atom stereocenters. The van der Waals surface area contributed by atoms with Crippen LogP contribution < -0.4 is 0 Å². The van der Waals surface area contributed by atoms with Crippen LogP contribution in [0.5, 0.6) is 5.75 Å². The molecule has 1 N–H and O–H groups in total. The molecule has 1 heterocycles.